The van der Waals surface area contributed by atoms with E-state index in [-0.39, 0.29) is 12.0 Å². The molecule has 21 heavy (non-hydrogen) atoms. The molecule has 1 atom stereocenters. The van der Waals surface area contributed by atoms with Crippen LogP contribution >= 0.6 is 0 Å². The van der Waals surface area contributed by atoms with Crippen LogP contribution in [0.25, 0.3) is 0 Å². The zero-order chi connectivity index (χ0) is 14.5. The molecule has 0 bridgehead atoms. The van der Waals surface area contributed by atoms with Gasteiger partial charge in [0.2, 0.25) is 5.95 Å². The summed E-state index contributed by atoms with van der Waals surface area (Å²) in [6, 6.07) is 1.96. The van der Waals surface area contributed by atoms with Crippen molar-refractivity contribution in [2.24, 2.45) is 0 Å². The van der Waals surface area contributed by atoms with Crippen molar-refractivity contribution in [2.45, 2.75) is 50.7 Å². The van der Waals surface area contributed by atoms with E-state index in [1.54, 1.807) is 12.3 Å². The van der Waals surface area contributed by atoms with Crippen LogP contribution in [0.5, 0.6) is 0 Å². The normalized spacial score (nSPS) is 22.4. The summed E-state index contributed by atoms with van der Waals surface area (Å²) in [5, 5.41) is 6.19. The van der Waals surface area contributed by atoms with Gasteiger partial charge in [0, 0.05) is 25.4 Å². The van der Waals surface area contributed by atoms with E-state index in [1.165, 1.54) is 12.8 Å². The third-order valence-electron chi connectivity index (χ3n) is 4.09. The molecule has 1 aromatic rings. The Labute approximate surface area is 124 Å². The number of anilines is 1. The molecule has 1 aliphatic heterocycles. The zero-order valence-electron chi connectivity index (χ0n) is 12.2. The maximum absolute atomic E-state index is 12.2. The summed E-state index contributed by atoms with van der Waals surface area (Å²) in [6.07, 6.45) is 8.55. The Bertz CT molecular complexity index is 482. The standard InChI is InChI=1S/C15H22N4O2/c20-14(18-11-4-1-2-5-11)13-7-8-16-15(19-13)17-10-12-6-3-9-21-12/h7-8,11-12H,1-6,9-10H2,(H,18,20)(H,16,17,19). The van der Waals surface area contributed by atoms with Gasteiger partial charge in [-0.1, -0.05) is 12.8 Å². The van der Waals surface area contributed by atoms with E-state index in [4.69, 9.17) is 4.74 Å². The molecule has 1 aromatic heterocycles. The largest absolute Gasteiger partial charge is 0.376 e. The maximum atomic E-state index is 12.2. The van der Waals surface area contributed by atoms with Crippen molar-refractivity contribution in [3.05, 3.63) is 18.0 Å². The Morgan fingerprint density at radius 1 is 1.29 bits per heavy atom. The molecule has 0 spiro atoms. The number of carbonyl (C=O) groups excluding carboxylic acids is 1. The van der Waals surface area contributed by atoms with E-state index in [2.05, 4.69) is 20.6 Å². The number of nitrogens with zero attached hydrogens (tertiary/aromatic N) is 2. The molecule has 114 valence electrons. The number of hydrogen-bond acceptors (Lipinski definition) is 5. The van der Waals surface area contributed by atoms with Crippen LogP contribution in [-0.4, -0.2) is 41.2 Å². The van der Waals surface area contributed by atoms with E-state index in [9.17, 15) is 4.79 Å². The first kappa shape index (κ1) is 14.3. The minimum Gasteiger partial charge on any atom is -0.376 e. The number of aromatic nitrogens is 2. The first-order valence-corrected chi connectivity index (χ1v) is 7.80. The third-order valence-corrected chi connectivity index (χ3v) is 4.09. The molecule has 2 fully saturated rings. The molecule has 1 unspecified atom stereocenters. The fourth-order valence-corrected chi connectivity index (χ4v) is 2.91. The highest BCUT2D eigenvalue weighted by Gasteiger charge is 2.19. The van der Waals surface area contributed by atoms with E-state index in [0.717, 1.165) is 32.3 Å². The molecular weight excluding hydrogens is 268 g/mol. The number of carbonyl (C=O) groups is 1. The predicted octanol–water partition coefficient (Wildman–Crippen LogP) is 1.74. The lowest BCUT2D eigenvalue weighted by Crippen LogP contribution is -2.33. The Hall–Kier alpha value is -1.69. The Balaban J connectivity index is 1.55. The first-order valence-electron chi connectivity index (χ1n) is 7.80. The average Bonchev–Trinajstić information content (AvgIpc) is 3.19. The molecule has 3 rings (SSSR count). The monoisotopic (exact) mass is 290 g/mol. The summed E-state index contributed by atoms with van der Waals surface area (Å²) < 4.78 is 5.54. The number of hydrogen-bond donors (Lipinski definition) is 2. The SMILES string of the molecule is O=C(NC1CCCC1)c1ccnc(NCC2CCCO2)n1. The smallest absolute Gasteiger partial charge is 0.270 e. The summed E-state index contributed by atoms with van der Waals surface area (Å²) in [5.41, 5.74) is 0.423. The summed E-state index contributed by atoms with van der Waals surface area (Å²) in [5.74, 6) is 0.383. The Morgan fingerprint density at radius 3 is 2.90 bits per heavy atom. The Morgan fingerprint density at radius 2 is 2.14 bits per heavy atom. The van der Waals surface area contributed by atoms with Gasteiger partial charge in [-0.05, 0) is 31.7 Å². The molecule has 6 nitrogen and oxygen atoms in total. The molecule has 1 saturated carbocycles. The summed E-state index contributed by atoms with van der Waals surface area (Å²) in [4.78, 5) is 20.6. The van der Waals surface area contributed by atoms with Gasteiger partial charge < -0.3 is 15.4 Å². The number of amides is 1. The van der Waals surface area contributed by atoms with Crippen molar-refractivity contribution in [3.63, 3.8) is 0 Å². The van der Waals surface area contributed by atoms with Crippen LogP contribution in [0, 0.1) is 0 Å². The molecule has 0 aromatic carbocycles. The van der Waals surface area contributed by atoms with Crippen molar-refractivity contribution in [2.75, 3.05) is 18.5 Å². The highest BCUT2D eigenvalue weighted by molar-refractivity contribution is 5.92. The second-order valence-electron chi connectivity index (χ2n) is 5.74. The molecule has 1 amide bonds. The first-order chi connectivity index (χ1) is 10.3. The lowest BCUT2D eigenvalue weighted by Gasteiger charge is -2.13. The van der Waals surface area contributed by atoms with Gasteiger partial charge in [0.15, 0.2) is 0 Å². The highest BCUT2D eigenvalue weighted by atomic mass is 16.5. The highest BCUT2D eigenvalue weighted by Crippen LogP contribution is 2.18. The molecule has 0 radical (unpaired) electrons. The molecular formula is C15H22N4O2. The van der Waals surface area contributed by atoms with E-state index in [1.807, 2.05) is 0 Å². The van der Waals surface area contributed by atoms with Crippen molar-refractivity contribution in [3.8, 4) is 0 Å². The van der Waals surface area contributed by atoms with Gasteiger partial charge in [0.05, 0.1) is 6.10 Å². The van der Waals surface area contributed by atoms with Crippen LogP contribution in [0.15, 0.2) is 12.3 Å². The molecule has 1 saturated heterocycles. The number of ether oxygens (including phenoxy) is 1. The minimum absolute atomic E-state index is 0.107. The van der Waals surface area contributed by atoms with Gasteiger partial charge in [0.1, 0.15) is 5.69 Å². The van der Waals surface area contributed by atoms with Crippen LogP contribution in [0.4, 0.5) is 5.95 Å². The third kappa shape index (κ3) is 3.91. The van der Waals surface area contributed by atoms with Gasteiger partial charge in [-0.2, -0.15) is 0 Å². The lowest BCUT2D eigenvalue weighted by atomic mass is 10.2. The lowest BCUT2D eigenvalue weighted by molar-refractivity contribution is 0.0933. The molecule has 2 aliphatic rings. The fourth-order valence-electron chi connectivity index (χ4n) is 2.91. The van der Waals surface area contributed by atoms with Gasteiger partial charge in [-0.15, -0.1) is 0 Å². The zero-order valence-corrected chi connectivity index (χ0v) is 12.2. The van der Waals surface area contributed by atoms with E-state index < -0.39 is 0 Å². The fraction of sp³-hybridized carbons (Fsp3) is 0.667. The van der Waals surface area contributed by atoms with Crippen molar-refractivity contribution < 1.29 is 9.53 Å². The van der Waals surface area contributed by atoms with Crippen LogP contribution in [0.1, 0.15) is 49.0 Å². The average molecular weight is 290 g/mol. The molecule has 2 N–H and O–H groups in total. The second kappa shape index (κ2) is 6.85. The molecule has 1 aliphatic carbocycles. The maximum Gasteiger partial charge on any atom is 0.270 e. The number of nitrogens with one attached hydrogen (secondary N) is 2. The number of rotatable bonds is 5. The minimum atomic E-state index is -0.107. The van der Waals surface area contributed by atoms with Gasteiger partial charge in [-0.3, -0.25) is 4.79 Å². The van der Waals surface area contributed by atoms with Crippen LogP contribution in [0.2, 0.25) is 0 Å². The van der Waals surface area contributed by atoms with Crippen molar-refractivity contribution >= 4 is 11.9 Å². The van der Waals surface area contributed by atoms with Crippen molar-refractivity contribution in [1.29, 1.82) is 0 Å². The topological polar surface area (TPSA) is 76.1 Å². The van der Waals surface area contributed by atoms with Crippen LogP contribution < -0.4 is 10.6 Å². The summed E-state index contributed by atoms with van der Waals surface area (Å²) in [6.45, 7) is 1.52. The van der Waals surface area contributed by atoms with Crippen LogP contribution in [-0.2, 0) is 4.74 Å². The quantitative estimate of drug-likeness (QED) is 0.864. The van der Waals surface area contributed by atoms with Gasteiger partial charge in [0.25, 0.3) is 5.91 Å². The summed E-state index contributed by atoms with van der Waals surface area (Å²) >= 11 is 0. The van der Waals surface area contributed by atoms with E-state index >= 15 is 0 Å². The second-order valence-corrected chi connectivity index (χ2v) is 5.74. The van der Waals surface area contributed by atoms with Crippen LogP contribution in [0.3, 0.4) is 0 Å². The van der Waals surface area contributed by atoms with E-state index in [0.29, 0.717) is 24.2 Å². The molecule has 6 heteroatoms. The molecule has 2 heterocycles. The summed E-state index contributed by atoms with van der Waals surface area (Å²) in [7, 11) is 0. The van der Waals surface area contributed by atoms with Crippen molar-refractivity contribution in [1.82, 2.24) is 15.3 Å². The van der Waals surface area contributed by atoms with Gasteiger partial charge >= 0.3 is 0 Å². The Kier molecular flexibility index (Phi) is 4.65. The predicted molar refractivity (Wildman–Crippen MR) is 79.2 cm³/mol. The van der Waals surface area contributed by atoms with Gasteiger partial charge in [-0.25, -0.2) is 9.97 Å².